The van der Waals surface area contributed by atoms with Gasteiger partial charge in [-0.3, -0.25) is 4.79 Å². The summed E-state index contributed by atoms with van der Waals surface area (Å²) < 4.78 is 4.72. The number of amides is 2. The lowest BCUT2D eigenvalue weighted by Crippen LogP contribution is -2.50. The maximum Gasteiger partial charge on any atom is 0.407 e. The lowest BCUT2D eigenvalue weighted by molar-refractivity contribution is -0.135. The minimum atomic E-state index is -0.667. The van der Waals surface area contributed by atoms with E-state index in [2.05, 4.69) is 64.9 Å². The Morgan fingerprint density at radius 3 is 2.05 bits per heavy atom. The minimum absolute atomic E-state index is 0.0772. The molecule has 3 fully saturated rings. The van der Waals surface area contributed by atoms with Crippen molar-refractivity contribution in [1.82, 2.24) is 20.2 Å². The zero-order valence-electron chi connectivity index (χ0n) is 24.4. The number of carbonyl (C=O) groups excluding carboxylic acids is 2. The van der Waals surface area contributed by atoms with E-state index in [-0.39, 0.29) is 28.7 Å². The zero-order valence-corrected chi connectivity index (χ0v) is 24.4. The molecule has 2 atom stereocenters. The quantitative estimate of drug-likeness (QED) is 0.339. The topological polar surface area (TPSA) is 87.3 Å². The third kappa shape index (κ3) is 5.14. The number of hydrogen-bond acceptors (Lipinski definition) is 4. The maximum absolute atomic E-state index is 13.3. The molecule has 2 N–H and O–H groups in total. The molecule has 0 aliphatic heterocycles. The van der Waals surface area contributed by atoms with Crippen LogP contribution >= 0.6 is 0 Å². The van der Waals surface area contributed by atoms with E-state index in [1.807, 2.05) is 27.0 Å². The zero-order chi connectivity index (χ0) is 28.5. The highest BCUT2D eigenvalue weighted by atomic mass is 16.5. The van der Waals surface area contributed by atoms with Gasteiger partial charge in [-0.2, -0.15) is 0 Å². The summed E-state index contributed by atoms with van der Waals surface area (Å²) in [5.74, 6) is 0.536. The number of nitrogens with one attached hydrogen (secondary N) is 2. The van der Waals surface area contributed by atoms with E-state index in [1.54, 1.807) is 11.9 Å². The summed E-state index contributed by atoms with van der Waals surface area (Å²) in [6.45, 7) is 5.79. The van der Waals surface area contributed by atoms with Gasteiger partial charge in [0.2, 0.25) is 5.91 Å². The van der Waals surface area contributed by atoms with Crippen molar-refractivity contribution in [3.05, 3.63) is 77.9 Å². The SMILES string of the molecule is COC(=O)N[C@H](C(=O)N(C)[C@@H](C)c1ncc(C23CCC(c4ccc(-c5ccccc5)cc4)(CC2)CC3)[nH]1)C(C)C. The van der Waals surface area contributed by atoms with Gasteiger partial charge in [-0.25, -0.2) is 9.78 Å². The molecule has 2 aromatic carbocycles. The summed E-state index contributed by atoms with van der Waals surface area (Å²) in [6.07, 6.45) is 8.32. The molecule has 0 spiro atoms. The molecule has 6 rings (SSSR count). The monoisotopic (exact) mass is 542 g/mol. The van der Waals surface area contributed by atoms with E-state index in [0.29, 0.717) is 0 Å². The van der Waals surface area contributed by atoms with Crippen LogP contribution in [-0.2, 0) is 20.4 Å². The van der Waals surface area contributed by atoms with Crippen molar-refractivity contribution < 1.29 is 14.3 Å². The number of nitrogens with zero attached hydrogens (tertiary/aromatic N) is 2. The molecule has 0 unspecified atom stereocenters. The Bertz CT molecular complexity index is 1310. The molecule has 3 aliphatic carbocycles. The van der Waals surface area contributed by atoms with Gasteiger partial charge < -0.3 is 19.9 Å². The molecule has 3 aromatic rings. The number of H-pyrrole nitrogens is 1. The molecule has 3 aliphatic rings. The molecule has 0 radical (unpaired) electrons. The Hall–Kier alpha value is -3.61. The molecule has 0 saturated heterocycles. The predicted molar refractivity (Wildman–Crippen MR) is 157 cm³/mol. The third-order valence-electron chi connectivity index (χ3n) is 9.73. The molecule has 7 nitrogen and oxygen atoms in total. The normalized spacial score (nSPS) is 23.4. The largest absolute Gasteiger partial charge is 0.453 e. The Kier molecular flexibility index (Phi) is 7.76. The number of hydrogen-bond donors (Lipinski definition) is 2. The number of ether oxygens (including phenoxy) is 1. The highest BCUT2D eigenvalue weighted by Gasteiger charge is 2.50. The van der Waals surface area contributed by atoms with Gasteiger partial charge in [0, 0.05) is 24.4 Å². The average Bonchev–Trinajstić information content (AvgIpc) is 3.51. The van der Waals surface area contributed by atoms with Crippen LogP contribution in [0.2, 0.25) is 0 Å². The summed E-state index contributed by atoms with van der Waals surface area (Å²) in [7, 11) is 3.07. The van der Waals surface area contributed by atoms with E-state index in [1.165, 1.54) is 48.8 Å². The van der Waals surface area contributed by atoms with Gasteiger partial charge in [-0.05, 0) is 73.5 Å². The van der Waals surface area contributed by atoms with Crippen molar-refractivity contribution in [2.24, 2.45) is 5.92 Å². The molecule has 2 bridgehead atoms. The second-order valence-corrected chi connectivity index (χ2v) is 12.2. The molecule has 40 heavy (non-hydrogen) atoms. The molecule has 3 saturated carbocycles. The molecule has 212 valence electrons. The Morgan fingerprint density at radius 2 is 1.48 bits per heavy atom. The van der Waals surface area contributed by atoms with E-state index in [4.69, 9.17) is 9.72 Å². The average molecular weight is 543 g/mol. The first-order valence-corrected chi connectivity index (χ1v) is 14.5. The van der Waals surface area contributed by atoms with E-state index >= 15 is 0 Å². The Morgan fingerprint density at radius 1 is 0.900 bits per heavy atom. The van der Waals surface area contributed by atoms with Crippen molar-refractivity contribution in [2.45, 2.75) is 82.2 Å². The Labute approximate surface area is 237 Å². The van der Waals surface area contributed by atoms with Gasteiger partial charge in [-0.1, -0.05) is 68.4 Å². The maximum atomic E-state index is 13.3. The first-order valence-electron chi connectivity index (χ1n) is 14.5. The fourth-order valence-corrected chi connectivity index (χ4v) is 6.78. The van der Waals surface area contributed by atoms with E-state index < -0.39 is 12.1 Å². The van der Waals surface area contributed by atoms with Crippen molar-refractivity contribution in [3.8, 4) is 11.1 Å². The van der Waals surface area contributed by atoms with Gasteiger partial charge in [0.1, 0.15) is 11.9 Å². The van der Waals surface area contributed by atoms with Crippen LogP contribution in [0.1, 0.15) is 82.4 Å². The van der Waals surface area contributed by atoms with E-state index in [9.17, 15) is 9.59 Å². The van der Waals surface area contributed by atoms with Crippen LogP contribution in [0.4, 0.5) is 4.79 Å². The molecular weight excluding hydrogens is 500 g/mol. The molecule has 1 heterocycles. The number of fused-ring (bicyclic) bond motifs is 3. The fourth-order valence-electron chi connectivity index (χ4n) is 6.78. The second kappa shape index (κ2) is 11.1. The van der Waals surface area contributed by atoms with Crippen LogP contribution in [0.3, 0.4) is 0 Å². The van der Waals surface area contributed by atoms with Crippen molar-refractivity contribution in [1.29, 1.82) is 0 Å². The van der Waals surface area contributed by atoms with Gasteiger partial charge >= 0.3 is 6.09 Å². The molecule has 1 aromatic heterocycles. The third-order valence-corrected chi connectivity index (χ3v) is 9.73. The van der Waals surface area contributed by atoms with Crippen LogP contribution < -0.4 is 5.32 Å². The summed E-state index contributed by atoms with van der Waals surface area (Å²) in [6, 6.07) is 18.9. The Balaban J connectivity index is 1.26. The lowest BCUT2D eigenvalue weighted by atomic mass is 9.51. The molecule has 2 amide bonds. The number of alkyl carbamates (subject to hydrolysis) is 1. The summed E-state index contributed by atoms with van der Waals surface area (Å²) >= 11 is 0. The highest BCUT2D eigenvalue weighted by Crippen LogP contribution is 2.58. The number of likely N-dealkylation sites (N-methyl/N-ethyl adjacent to an activating group) is 1. The number of imidazole rings is 1. The van der Waals surface area contributed by atoms with Gasteiger partial charge in [-0.15, -0.1) is 0 Å². The van der Waals surface area contributed by atoms with Crippen LogP contribution in [0.5, 0.6) is 0 Å². The van der Waals surface area contributed by atoms with Crippen LogP contribution in [0.25, 0.3) is 11.1 Å². The lowest BCUT2D eigenvalue weighted by Gasteiger charge is -2.53. The highest BCUT2D eigenvalue weighted by molar-refractivity contribution is 5.86. The number of benzene rings is 2. The smallest absolute Gasteiger partial charge is 0.407 e. The standard InChI is InChI=1S/C33H42N4O3/c1-22(2)28(36-31(39)40-5)30(38)37(4)23(3)29-34-21-27(35-29)33-18-15-32(16-19-33,17-20-33)26-13-11-25(12-14-26)24-9-7-6-8-10-24/h6-14,21-23,28H,15-20H2,1-5H3,(H,34,35)(H,36,39)/t23-,28-,32?,33?/m0/s1. The van der Waals surface area contributed by atoms with Gasteiger partial charge in [0.05, 0.1) is 13.2 Å². The molecular formula is C33H42N4O3. The van der Waals surface area contributed by atoms with Crippen molar-refractivity contribution >= 4 is 12.0 Å². The van der Waals surface area contributed by atoms with Gasteiger partial charge in [0.25, 0.3) is 0 Å². The number of aromatic nitrogens is 2. The number of carbonyl (C=O) groups is 2. The first-order chi connectivity index (χ1) is 19.2. The second-order valence-electron chi connectivity index (χ2n) is 12.2. The predicted octanol–water partition coefficient (Wildman–Crippen LogP) is 6.52. The van der Waals surface area contributed by atoms with E-state index in [0.717, 1.165) is 25.1 Å². The number of methoxy groups -OCH3 is 1. The summed E-state index contributed by atoms with van der Waals surface area (Å²) in [5, 5.41) is 2.68. The summed E-state index contributed by atoms with van der Waals surface area (Å²) in [5.41, 5.74) is 5.57. The number of rotatable bonds is 8. The first kappa shape index (κ1) is 27.9. The van der Waals surface area contributed by atoms with Crippen LogP contribution in [0.15, 0.2) is 60.8 Å². The fraction of sp³-hybridized carbons (Fsp3) is 0.485. The minimum Gasteiger partial charge on any atom is -0.453 e. The van der Waals surface area contributed by atoms with Crippen LogP contribution in [0, 0.1) is 5.92 Å². The van der Waals surface area contributed by atoms with Crippen molar-refractivity contribution in [2.75, 3.05) is 14.2 Å². The molecule has 7 heteroatoms. The number of aromatic amines is 1. The van der Waals surface area contributed by atoms with Crippen LogP contribution in [-0.4, -0.2) is 47.1 Å². The van der Waals surface area contributed by atoms with Crippen molar-refractivity contribution in [3.63, 3.8) is 0 Å². The van der Waals surface area contributed by atoms with Gasteiger partial charge in [0.15, 0.2) is 0 Å². The summed E-state index contributed by atoms with van der Waals surface area (Å²) in [4.78, 5) is 35.1.